The minimum Gasteiger partial charge on any atom is -0.301 e. The molecule has 0 aliphatic heterocycles. The third kappa shape index (κ3) is 4.33. The summed E-state index contributed by atoms with van der Waals surface area (Å²) in [7, 11) is 0. The van der Waals surface area contributed by atoms with Crippen molar-refractivity contribution in [2.24, 2.45) is 0 Å². The van der Waals surface area contributed by atoms with Gasteiger partial charge in [0.05, 0.1) is 0 Å². The first-order valence-corrected chi connectivity index (χ1v) is 7.79. The zero-order valence-electron chi connectivity index (χ0n) is 10.8. The molecule has 0 aliphatic rings. The molecular weight excluding hydrogens is 278 g/mol. The number of hydrogen-bond donors (Lipinski definition) is 1. The van der Waals surface area contributed by atoms with E-state index in [4.69, 9.17) is 0 Å². The predicted octanol–water partition coefficient (Wildman–Crippen LogP) is 3.49. The Morgan fingerprint density at radius 1 is 1.32 bits per heavy atom. The fourth-order valence-electron chi connectivity index (χ4n) is 1.36. The molecule has 0 radical (unpaired) electrons. The fourth-order valence-corrected chi connectivity index (χ4v) is 3.08. The molecule has 0 fully saturated rings. The van der Waals surface area contributed by atoms with Gasteiger partial charge in [-0.3, -0.25) is 4.79 Å². The minimum absolute atomic E-state index is 0.0359. The summed E-state index contributed by atoms with van der Waals surface area (Å²) in [5, 5.41) is 11.3. The number of carbonyl (C=O) groups excluding carboxylic acids is 1. The average Bonchev–Trinajstić information content (AvgIpc) is 2.85. The number of carbonyl (C=O) groups is 1. The molecule has 19 heavy (non-hydrogen) atoms. The zero-order chi connectivity index (χ0) is 13.7. The Bertz CT molecular complexity index is 551. The number of benzene rings is 1. The van der Waals surface area contributed by atoms with E-state index in [9.17, 15) is 4.79 Å². The Morgan fingerprint density at radius 2 is 2.05 bits per heavy atom. The number of hydrogen-bond acceptors (Lipinski definition) is 5. The molecule has 4 nitrogen and oxygen atoms in total. The van der Waals surface area contributed by atoms with Crippen molar-refractivity contribution in [3.8, 4) is 0 Å². The van der Waals surface area contributed by atoms with E-state index in [0.717, 1.165) is 10.1 Å². The molecule has 6 heteroatoms. The minimum atomic E-state index is -0.0359. The van der Waals surface area contributed by atoms with Gasteiger partial charge in [-0.05, 0) is 12.5 Å². The van der Waals surface area contributed by atoms with Crippen LogP contribution in [0.15, 0.2) is 28.6 Å². The average molecular weight is 293 g/mol. The van der Waals surface area contributed by atoms with Gasteiger partial charge in [0.1, 0.15) is 0 Å². The van der Waals surface area contributed by atoms with Crippen molar-refractivity contribution in [3.63, 3.8) is 0 Å². The highest BCUT2D eigenvalue weighted by Gasteiger charge is 2.07. The molecule has 1 heterocycles. The quantitative estimate of drug-likeness (QED) is 0.677. The molecule has 0 unspecified atom stereocenters. The summed E-state index contributed by atoms with van der Waals surface area (Å²) in [4.78, 5) is 11.2. The summed E-state index contributed by atoms with van der Waals surface area (Å²) in [6.07, 6.45) is 0.450. The second-order valence-corrected chi connectivity index (χ2v) is 6.25. The maximum Gasteiger partial charge on any atom is 0.225 e. The van der Waals surface area contributed by atoms with Gasteiger partial charge in [-0.1, -0.05) is 59.9 Å². The topological polar surface area (TPSA) is 54.9 Å². The van der Waals surface area contributed by atoms with Gasteiger partial charge in [0.25, 0.3) is 0 Å². The van der Waals surface area contributed by atoms with E-state index in [1.165, 1.54) is 22.5 Å². The Balaban J connectivity index is 1.89. The maximum atomic E-state index is 11.2. The van der Waals surface area contributed by atoms with Crippen LogP contribution in [0.5, 0.6) is 0 Å². The van der Waals surface area contributed by atoms with Crippen molar-refractivity contribution in [1.29, 1.82) is 0 Å². The first kappa shape index (κ1) is 14.0. The number of amides is 1. The van der Waals surface area contributed by atoms with Crippen LogP contribution in [-0.4, -0.2) is 16.1 Å². The molecule has 1 aromatic carbocycles. The van der Waals surface area contributed by atoms with E-state index in [-0.39, 0.29) is 5.91 Å². The number of nitrogens with one attached hydrogen (secondary N) is 1. The van der Waals surface area contributed by atoms with E-state index < -0.39 is 0 Å². The van der Waals surface area contributed by atoms with E-state index in [1.54, 1.807) is 11.8 Å². The first-order valence-electron chi connectivity index (χ1n) is 5.99. The number of anilines is 1. The molecule has 0 spiro atoms. The van der Waals surface area contributed by atoms with Crippen molar-refractivity contribution in [2.45, 2.75) is 30.4 Å². The SMILES string of the molecule is CCC(=O)Nc1nnc(SCc2ccc(C)cc2)s1. The van der Waals surface area contributed by atoms with Gasteiger partial charge in [0, 0.05) is 12.2 Å². The molecule has 1 N–H and O–H groups in total. The monoisotopic (exact) mass is 293 g/mol. The van der Waals surface area contributed by atoms with Crippen LogP contribution in [0.4, 0.5) is 5.13 Å². The molecule has 0 aliphatic carbocycles. The van der Waals surface area contributed by atoms with E-state index >= 15 is 0 Å². The van der Waals surface area contributed by atoms with Gasteiger partial charge in [0.15, 0.2) is 4.34 Å². The summed E-state index contributed by atoms with van der Waals surface area (Å²) in [5.41, 5.74) is 2.51. The Morgan fingerprint density at radius 3 is 2.74 bits per heavy atom. The molecule has 0 atom stereocenters. The van der Waals surface area contributed by atoms with Gasteiger partial charge in [-0.25, -0.2) is 0 Å². The van der Waals surface area contributed by atoms with Crippen LogP contribution in [0.25, 0.3) is 0 Å². The van der Waals surface area contributed by atoms with Gasteiger partial charge >= 0.3 is 0 Å². The second kappa shape index (κ2) is 6.68. The normalized spacial score (nSPS) is 10.4. The van der Waals surface area contributed by atoms with Crippen LogP contribution in [-0.2, 0) is 10.5 Å². The lowest BCUT2D eigenvalue weighted by atomic mass is 10.2. The lowest BCUT2D eigenvalue weighted by Gasteiger charge is -1.99. The molecule has 2 rings (SSSR count). The predicted molar refractivity (Wildman–Crippen MR) is 79.6 cm³/mol. The lowest BCUT2D eigenvalue weighted by Crippen LogP contribution is -2.08. The first-order chi connectivity index (χ1) is 9.17. The Labute approximate surface area is 120 Å². The number of aryl methyl sites for hydroxylation is 1. The third-order valence-electron chi connectivity index (χ3n) is 2.46. The van der Waals surface area contributed by atoms with Gasteiger partial charge in [-0.15, -0.1) is 10.2 Å². The molecule has 2 aromatic rings. The molecule has 0 bridgehead atoms. The molecule has 0 saturated carbocycles. The summed E-state index contributed by atoms with van der Waals surface area (Å²) in [5.74, 6) is 0.822. The standard InChI is InChI=1S/C13H15N3OS2/c1-3-11(17)14-12-15-16-13(19-12)18-8-10-6-4-9(2)5-7-10/h4-7H,3,8H2,1-2H3,(H,14,15,17). The maximum absolute atomic E-state index is 11.2. The molecule has 100 valence electrons. The van der Waals surface area contributed by atoms with Crippen LogP contribution < -0.4 is 5.32 Å². The van der Waals surface area contributed by atoms with Gasteiger partial charge in [0.2, 0.25) is 11.0 Å². The van der Waals surface area contributed by atoms with Gasteiger partial charge < -0.3 is 5.32 Å². The van der Waals surface area contributed by atoms with Gasteiger partial charge in [-0.2, -0.15) is 0 Å². The number of aromatic nitrogens is 2. The third-order valence-corrected chi connectivity index (χ3v) is 4.50. The molecule has 1 aromatic heterocycles. The number of thioether (sulfide) groups is 1. The van der Waals surface area contributed by atoms with Crippen molar-refractivity contribution < 1.29 is 4.79 Å². The van der Waals surface area contributed by atoms with Crippen LogP contribution in [0.3, 0.4) is 0 Å². The van der Waals surface area contributed by atoms with E-state index in [2.05, 4.69) is 46.7 Å². The Hall–Kier alpha value is -1.40. The van der Waals surface area contributed by atoms with Crippen LogP contribution >= 0.6 is 23.1 Å². The van der Waals surface area contributed by atoms with Crippen molar-refractivity contribution in [3.05, 3.63) is 35.4 Å². The fraction of sp³-hybridized carbons (Fsp3) is 0.308. The van der Waals surface area contributed by atoms with Crippen molar-refractivity contribution in [1.82, 2.24) is 10.2 Å². The molecular formula is C13H15N3OS2. The largest absolute Gasteiger partial charge is 0.301 e. The Kier molecular flexibility index (Phi) is 4.93. The van der Waals surface area contributed by atoms with Crippen LogP contribution in [0, 0.1) is 6.92 Å². The summed E-state index contributed by atoms with van der Waals surface area (Å²) < 4.78 is 0.868. The zero-order valence-corrected chi connectivity index (χ0v) is 12.5. The lowest BCUT2D eigenvalue weighted by molar-refractivity contribution is -0.115. The highest BCUT2D eigenvalue weighted by Crippen LogP contribution is 2.28. The highest BCUT2D eigenvalue weighted by molar-refractivity contribution is 8.00. The molecule has 1 amide bonds. The van der Waals surface area contributed by atoms with Crippen molar-refractivity contribution >= 4 is 34.1 Å². The number of rotatable bonds is 5. The smallest absolute Gasteiger partial charge is 0.225 e. The van der Waals surface area contributed by atoms with E-state index in [0.29, 0.717) is 11.6 Å². The van der Waals surface area contributed by atoms with Crippen LogP contribution in [0.1, 0.15) is 24.5 Å². The molecule has 0 saturated heterocycles. The van der Waals surface area contributed by atoms with E-state index in [1.807, 2.05) is 6.92 Å². The highest BCUT2D eigenvalue weighted by atomic mass is 32.2. The summed E-state index contributed by atoms with van der Waals surface area (Å²) in [6, 6.07) is 8.43. The summed E-state index contributed by atoms with van der Waals surface area (Å²) in [6.45, 7) is 3.88. The van der Waals surface area contributed by atoms with Crippen molar-refractivity contribution in [2.75, 3.05) is 5.32 Å². The summed E-state index contributed by atoms with van der Waals surface area (Å²) >= 11 is 3.04. The van der Waals surface area contributed by atoms with Crippen LogP contribution in [0.2, 0.25) is 0 Å². The second-order valence-electron chi connectivity index (χ2n) is 4.05. The number of nitrogens with zero attached hydrogens (tertiary/aromatic N) is 2.